The minimum Gasteiger partial charge on any atom is -0.371 e. The van der Waals surface area contributed by atoms with Gasteiger partial charge in [0.25, 0.3) is 0 Å². The number of amides is 2. The number of hydrogen-bond acceptors (Lipinski definition) is 5. The Bertz CT molecular complexity index is 560. The molecule has 2 aliphatic carbocycles. The molecule has 3 fully saturated rings. The van der Waals surface area contributed by atoms with Gasteiger partial charge in [0.2, 0.25) is 11.8 Å². The van der Waals surface area contributed by atoms with Crippen LogP contribution in [0, 0.1) is 5.41 Å². The monoisotopic (exact) mass is 384 g/mol. The van der Waals surface area contributed by atoms with Crippen LogP contribution in [0.1, 0.15) is 73.1 Å². The lowest BCUT2D eigenvalue weighted by molar-refractivity contribution is -0.296. The van der Waals surface area contributed by atoms with Crippen molar-refractivity contribution in [3.63, 3.8) is 0 Å². The number of carbonyl (C=O) groups is 2. The zero-order valence-corrected chi connectivity index (χ0v) is 17.3. The second kappa shape index (κ2) is 5.85. The summed E-state index contributed by atoms with van der Waals surface area (Å²) in [7, 11) is 0. The molecule has 3 aliphatic rings. The average Bonchev–Trinajstić information content (AvgIpc) is 2.41. The number of nitrogens with zero attached hydrogens (tertiary/aromatic N) is 2. The molecule has 1 aliphatic heterocycles. The molecule has 0 radical (unpaired) electrons. The van der Waals surface area contributed by atoms with Gasteiger partial charge < -0.3 is 20.0 Å². The first-order chi connectivity index (χ1) is 11.8. The SMILES string of the molecule is CC(C)(C)C(=O)N1C(O)C2(CCC2)N(C(=O)C(C)(C)S)C(O)C12CCC2. The Labute approximate surface area is 161 Å². The Kier molecular flexibility index (Phi) is 4.49. The Hall–Kier alpha value is -0.790. The van der Waals surface area contributed by atoms with Crippen LogP contribution in [-0.4, -0.2) is 60.1 Å². The number of hydrogen-bond donors (Lipinski definition) is 3. The van der Waals surface area contributed by atoms with Crippen LogP contribution in [0.3, 0.4) is 0 Å². The predicted molar refractivity (Wildman–Crippen MR) is 101 cm³/mol. The van der Waals surface area contributed by atoms with Crippen molar-refractivity contribution in [3.05, 3.63) is 0 Å². The molecular weight excluding hydrogens is 352 g/mol. The third-order valence-electron chi connectivity index (χ3n) is 6.45. The largest absolute Gasteiger partial charge is 0.371 e. The maximum atomic E-state index is 13.2. The molecule has 0 aromatic rings. The van der Waals surface area contributed by atoms with E-state index in [4.69, 9.17) is 0 Å². The number of piperazine rings is 1. The van der Waals surface area contributed by atoms with Crippen molar-refractivity contribution in [3.8, 4) is 0 Å². The van der Waals surface area contributed by atoms with Gasteiger partial charge in [-0.1, -0.05) is 20.8 Å². The fourth-order valence-corrected chi connectivity index (χ4v) is 4.68. The molecule has 0 aromatic carbocycles. The van der Waals surface area contributed by atoms with Gasteiger partial charge in [0.05, 0.1) is 15.8 Å². The van der Waals surface area contributed by atoms with Crippen LogP contribution in [0.15, 0.2) is 0 Å². The van der Waals surface area contributed by atoms with Gasteiger partial charge in [0.15, 0.2) is 12.5 Å². The van der Waals surface area contributed by atoms with E-state index in [1.54, 1.807) is 13.8 Å². The van der Waals surface area contributed by atoms with Crippen molar-refractivity contribution in [2.45, 2.75) is 101 Å². The third-order valence-corrected chi connectivity index (χ3v) is 6.64. The van der Waals surface area contributed by atoms with E-state index in [0.29, 0.717) is 25.7 Å². The van der Waals surface area contributed by atoms with E-state index in [1.165, 1.54) is 9.80 Å². The van der Waals surface area contributed by atoms with Gasteiger partial charge in [0.1, 0.15) is 0 Å². The van der Waals surface area contributed by atoms with Crippen LogP contribution < -0.4 is 0 Å². The summed E-state index contributed by atoms with van der Waals surface area (Å²) in [5, 5.41) is 22.7. The van der Waals surface area contributed by atoms with Gasteiger partial charge in [-0.15, -0.1) is 0 Å². The highest BCUT2D eigenvalue weighted by atomic mass is 32.1. The lowest BCUT2D eigenvalue weighted by atomic mass is 9.63. The Morgan fingerprint density at radius 1 is 0.846 bits per heavy atom. The van der Waals surface area contributed by atoms with Gasteiger partial charge in [-0.05, 0) is 52.4 Å². The van der Waals surface area contributed by atoms with Gasteiger partial charge in [-0.2, -0.15) is 12.6 Å². The summed E-state index contributed by atoms with van der Waals surface area (Å²) in [6.07, 6.45) is 1.80. The normalized spacial score (nSPS) is 30.2. The molecule has 1 saturated heterocycles. The summed E-state index contributed by atoms with van der Waals surface area (Å²) >= 11 is 4.42. The second-order valence-corrected chi connectivity index (χ2v) is 10.9. The highest BCUT2D eigenvalue weighted by Gasteiger charge is 2.69. The van der Waals surface area contributed by atoms with Gasteiger partial charge >= 0.3 is 0 Å². The molecule has 2 saturated carbocycles. The van der Waals surface area contributed by atoms with Gasteiger partial charge in [0, 0.05) is 5.41 Å². The molecule has 2 spiro atoms. The van der Waals surface area contributed by atoms with Crippen molar-refractivity contribution in [2.24, 2.45) is 5.41 Å². The zero-order valence-electron chi connectivity index (χ0n) is 16.4. The van der Waals surface area contributed by atoms with E-state index in [0.717, 1.165) is 12.8 Å². The molecule has 148 valence electrons. The molecular formula is C19H32N2O4S. The number of thiol groups is 1. The molecule has 1 heterocycles. The Balaban J connectivity index is 2.11. The first-order valence-electron chi connectivity index (χ1n) is 9.55. The number of rotatable bonds is 1. The van der Waals surface area contributed by atoms with Crippen LogP contribution >= 0.6 is 12.6 Å². The molecule has 26 heavy (non-hydrogen) atoms. The van der Waals surface area contributed by atoms with Crippen LogP contribution in [-0.2, 0) is 9.59 Å². The van der Waals surface area contributed by atoms with Crippen molar-refractivity contribution in [2.75, 3.05) is 0 Å². The molecule has 3 rings (SSSR count). The second-order valence-electron chi connectivity index (χ2n) is 9.82. The Morgan fingerprint density at radius 2 is 1.19 bits per heavy atom. The van der Waals surface area contributed by atoms with Crippen molar-refractivity contribution in [1.29, 1.82) is 0 Å². The summed E-state index contributed by atoms with van der Waals surface area (Å²) in [4.78, 5) is 29.4. The summed E-state index contributed by atoms with van der Waals surface area (Å²) < 4.78 is -0.968. The summed E-state index contributed by atoms with van der Waals surface area (Å²) in [5.74, 6) is -0.464. The first-order valence-corrected chi connectivity index (χ1v) is 10.00. The molecule has 6 nitrogen and oxygen atoms in total. The van der Waals surface area contributed by atoms with E-state index in [9.17, 15) is 19.8 Å². The predicted octanol–water partition coefficient (Wildman–Crippen LogP) is 1.89. The van der Waals surface area contributed by atoms with Crippen LogP contribution in [0.5, 0.6) is 0 Å². The fraction of sp³-hybridized carbons (Fsp3) is 0.895. The van der Waals surface area contributed by atoms with Crippen LogP contribution in [0.2, 0.25) is 0 Å². The highest BCUT2D eigenvalue weighted by Crippen LogP contribution is 2.56. The highest BCUT2D eigenvalue weighted by molar-refractivity contribution is 7.82. The zero-order chi connectivity index (χ0) is 19.7. The molecule has 2 N–H and O–H groups in total. The van der Waals surface area contributed by atoms with Crippen molar-refractivity contribution < 1.29 is 19.8 Å². The lowest BCUT2D eigenvalue weighted by Crippen LogP contribution is -2.85. The topological polar surface area (TPSA) is 81.1 Å². The van der Waals surface area contributed by atoms with E-state index < -0.39 is 33.7 Å². The average molecular weight is 385 g/mol. The molecule has 2 atom stereocenters. The number of carbonyl (C=O) groups excluding carboxylic acids is 2. The summed E-state index contributed by atoms with van der Waals surface area (Å²) in [6, 6.07) is 0. The Morgan fingerprint density at radius 3 is 1.42 bits per heavy atom. The van der Waals surface area contributed by atoms with Crippen molar-refractivity contribution >= 4 is 24.4 Å². The molecule has 7 heteroatoms. The van der Waals surface area contributed by atoms with Crippen LogP contribution in [0.25, 0.3) is 0 Å². The minimum atomic E-state index is -1.12. The number of aliphatic hydroxyl groups is 2. The van der Waals surface area contributed by atoms with E-state index >= 15 is 0 Å². The first kappa shape index (κ1) is 20.0. The van der Waals surface area contributed by atoms with Gasteiger partial charge in [-0.25, -0.2) is 0 Å². The maximum absolute atomic E-state index is 13.2. The van der Waals surface area contributed by atoms with E-state index in [2.05, 4.69) is 12.6 Å². The van der Waals surface area contributed by atoms with Crippen LogP contribution in [0.4, 0.5) is 0 Å². The smallest absolute Gasteiger partial charge is 0.240 e. The van der Waals surface area contributed by atoms with E-state index in [-0.39, 0.29) is 11.8 Å². The summed E-state index contributed by atoms with van der Waals surface area (Å²) in [6.45, 7) is 8.86. The maximum Gasteiger partial charge on any atom is 0.240 e. The van der Waals surface area contributed by atoms with Crippen molar-refractivity contribution in [1.82, 2.24) is 9.80 Å². The molecule has 0 bridgehead atoms. The van der Waals surface area contributed by atoms with E-state index in [1.807, 2.05) is 20.8 Å². The fourth-order valence-electron chi connectivity index (χ4n) is 4.58. The molecule has 2 unspecified atom stereocenters. The lowest BCUT2D eigenvalue weighted by Gasteiger charge is -2.69. The molecule has 0 aromatic heterocycles. The van der Waals surface area contributed by atoms with Gasteiger partial charge in [-0.3, -0.25) is 9.59 Å². The quantitative estimate of drug-likeness (QED) is 0.603. The molecule has 2 amide bonds. The minimum absolute atomic E-state index is 0.174. The number of aliphatic hydroxyl groups excluding tert-OH is 2. The summed E-state index contributed by atoms with van der Waals surface area (Å²) in [5.41, 5.74) is -2.50. The standard InChI is InChI=1S/C19H32N2O4S/c1-16(2,3)12(22)20-14(24)19(10-7-11-19)21(13(23)17(4,5)26)15(25)18(20)8-6-9-18/h14-15,24-26H,6-11H2,1-5H3. The third kappa shape index (κ3) is 2.53.